The van der Waals surface area contributed by atoms with E-state index in [4.69, 9.17) is 5.73 Å². The molecule has 0 aliphatic carbocycles. The minimum atomic E-state index is -4.32. The van der Waals surface area contributed by atoms with Gasteiger partial charge in [-0.05, 0) is 24.0 Å². The summed E-state index contributed by atoms with van der Waals surface area (Å²) in [7, 11) is 0. The van der Waals surface area contributed by atoms with Gasteiger partial charge in [-0.2, -0.15) is 13.2 Å². The van der Waals surface area contributed by atoms with E-state index in [-0.39, 0.29) is 6.42 Å². The van der Waals surface area contributed by atoms with Gasteiger partial charge >= 0.3 is 6.18 Å². The fourth-order valence-electron chi connectivity index (χ4n) is 1.45. The molecule has 15 heavy (non-hydrogen) atoms. The first kappa shape index (κ1) is 12.0. The van der Waals surface area contributed by atoms with Crippen LogP contribution in [0.3, 0.4) is 0 Å². The summed E-state index contributed by atoms with van der Waals surface area (Å²) in [6.45, 7) is 1.91. The number of benzene rings is 1. The van der Waals surface area contributed by atoms with E-state index in [2.05, 4.69) is 0 Å². The van der Waals surface area contributed by atoms with Gasteiger partial charge in [-0.25, -0.2) is 0 Å². The zero-order valence-electron chi connectivity index (χ0n) is 8.51. The Morgan fingerprint density at radius 1 is 1.20 bits per heavy atom. The van der Waals surface area contributed by atoms with E-state index in [1.807, 2.05) is 19.1 Å². The molecule has 0 fully saturated rings. The molecule has 0 saturated carbocycles. The van der Waals surface area contributed by atoms with E-state index < -0.39 is 12.2 Å². The van der Waals surface area contributed by atoms with Crippen molar-refractivity contribution in [1.82, 2.24) is 0 Å². The highest BCUT2D eigenvalue weighted by molar-refractivity contribution is 5.28. The second kappa shape index (κ2) is 4.66. The third-order valence-corrected chi connectivity index (χ3v) is 2.36. The Morgan fingerprint density at radius 2 is 1.73 bits per heavy atom. The third kappa shape index (κ3) is 3.23. The summed E-state index contributed by atoms with van der Waals surface area (Å²) in [4.78, 5) is 0. The molecule has 0 unspecified atom stereocenters. The molecule has 0 bridgehead atoms. The number of nitrogens with two attached hydrogens (primary N) is 1. The Hall–Kier alpha value is -1.03. The molecule has 0 aromatic heterocycles. The molecule has 1 nitrogen and oxygen atoms in total. The highest BCUT2D eigenvalue weighted by Gasteiger charge is 2.36. The van der Waals surface area contributed by atoms with Crippen LogP contribution in [-0.2, 0) is 12.8 Å². The fraction of sp³-hybridized carbons (Fsp3) is 0.455. The second-order valence-corrected chi connectivity index (χ2v) is 3.47. The van der Waals surface area contributed by atoms with Gasteiger partial charge in [-0.1, -0.05) is 31.2 Å². The molecule has 1 atom stereocenters. The maximum absolute atomic E-state index is 12.2. The molecule has 0 radical (unpaired) electrons. The summed E-state index contributed by atoms with van der Waals surface area (Å²) in [5.41, 5.74) is 6.69. The Bertz CT molecular complexity index is 320. The molecular formula is C11H14F3N. The van der Waals surface area contributed by atoms with Crippen LogP contribution in [0.2, 0.25) is 0 Å². The van der Waals surface area contributed by atoms with E-state index >= 15 is 0 Å². The molecule has 0 aliphatic heterocycles. The fourth-order valence-corrected chi connectivity index (χ4v) is 1.45. The SMILES string of the molecule is CCc1ccccc1C[C@@H](N)C(F)(F)F. The highest BCUT2D eigenvalue weighted by Crippen LogP contribution is 2.22. The molecule has 4 heteroatoms. The van der Waals surface area contributed by atoms with Gasteiger partial charge in [0.25, 0.3) is 0 Å². The molecule has 0 heterocycles. The summed E-state index contributed by atoms with van der Waals surface area (Å²) in [6.07, 6.45) is -3.74. The average molecular weight is 217 g/mol. The van der Waals surface area contributed by atoms with Crippen molar-refractivity contribution < 1.29 is 13.2 Å². The van der Waals surface area contributed by atoms with Gasteiger partial charge in [0.05, 0.1) is 0 Å². The lowest BCUT2D eigenvalue weighted by molar-refractivity contribution is -0.147. The number of rotatable bonds is 3. The van der Waals surface area contributed by atoms with E-state index in [1.54, 1.807) is 12.1 Å². The number of hydrogen-bond donors (Lipinski definition) is 1. The van der Waals surface area contributed by atoms with Crippen LogP contribution in [0, 0.1) is 0 Å². The molecule has 84 valence electrons. The average Bonchev–Trinajstić information content (AvgIpc) is 2.17. The van der Waals surface area contributed by atoms with Gasteiger partial charge in [-0.3, -0.25) is 0 Å². The van der Waals surface area contributed by atoms with Crippen molar-refractivity contribution in [3.63, 3.8) is 0 Å². The summed E-state index contributed by atoms with van der Waals surface area (Å²) in [6, 6.07) is 5.31. The second-order valence-electron chi connectivity index (χ2n) is 3.47. The smallest absolute Gasteiger partial charge is 0.320 e. The lowest BCUT2D eigenvalue weighted by Gasteiger charge is -2.17. The first-order valence-electron chi connectivity index (χ1n) is 4.84. The zero-order chi connectivity index (χ0) is 11.5. The predicted octanol–water partition coefficient (Wildman–Crippen LogP) is 2.68. The third-order valence-electron chi connectivity index (χ3n) is 2.36. The molecular weight excluding hydrogens is 203 g/mol. The minimum Gasteiger partial charge on any atom is -0.320 e. The van der Waals surface area contributed by atoms with Crippen LogP contribution in [-0.4, -0.2) is 12.2 Å². The Morgan fingerprint density at radius 3 is 2.20 bits per heavy atom. The summed E-state index contributed by atoms with van der Waals surface area (Å²) in [5.74, 6) is 0. The quantitative estimate of drug-likeness (QED) is 0.827. The largest absolute Gasteiger partial charge is 0.403 e. The summed E-state index contributed by atoms with van der Waals surface area (Å²) >= 11 is 0. The van der Waals surface area contributed by atoms with Crippen molar-refractivity contribution in [1.29, 1.82) is 0 Å². The molecule has 1 aromatic rings. The number of hydrogen-bond acceptors (Lipinski definition) is 1. The van der Waals surface area contributed by atoms with Gasteiger partial charge in [0, 0.05) is 0 Å². The van der Waals surface area contributed by atoms with Crippen LogP contribution in [0.4, 0.5) is 13.2 Å². The first-order chi connectivity index (χ1) is 6.95. The highest BCUT2D eigenvalue weighted by atomic mass is 19.4. The zero-order valence-corrected chi connectivity index (χ0v) is 8.51. The summed E-state index contributed by atoms with van der Waals surface area (Å²) < 4.78 is 36.7. The molecule has 2 N–H and O–H groups in total. The van der Waals surface area contributed by atoms with E-state index in [9.17, 15) is 13.2 Å². The Balaban J connectivity index is 2.80. The van der Waals surface area contributed by atoms with E-state index in [1.165, 1.54) is 0 Å². The maximum Gasteiger partial charge on any atom is 0.403 e. The molecule has 0 spiro atoms. The van der Waals surface area contributed by atoms with Crippen LogP contribution in [0.5, 0.6) is 0 Å². The van der Waals surface area contributed by atoms with E-state index in [0.717, 1.165) is 12.0 Å². The van der Waals surface area contributed by atoms with Crippen molar-refractivity contribution in [2.24, 2.45) is 5.73 Å². The van der Waals surface area contributed by atoms with Crippen molar-refractivity contribution >= 4 is 0 Å². The van der Waals surface area contributed by atoms with E-state index in [0.29, 0.717) is 5.56 Å². The molecule has 1 rings (SSSR count). The molecule has 0 amide bonds. The van der Waals surface area contributed by atoms with Crippen molar-refractivity contribution in [2.45, 2.75) is 32.0 Å². The molecule has 0 aliphatic rings. The standard InChI is InChI=1S/C11H14F3N/c1-2-8-5-3-4-6-9(8)7-10(15)11(12,13)14/h3-6,10H,2,7,15H2,1H3/t10-/m1/s1. The first-order valence-corrected chi connectivity index (χ1v) is 4.84. The van der Waals surface area contributed by atoms with Crippen LogP contribution < -0.4 is 5.73 Å². The topological polar surface area (TPSA) is 26.0 Å². The van der Waals surface area contributed by atoms with Crippen molar-refractivity contribution in [3.05, 3.63) is 35.4 Å². The van der Waals surface area contributed by atoms with Crippen LogP contribution >= 0.6 is 0 Å². The molecule has 0 saturated heterocycles. The predicted molar refractivity (Wildman–Crippen MR) is 53.6 cm³/mol. The number of alkyl halides is 3. The maximum atomic E-state index is 12.2. The number of aryl methyl sites for hydroxylation is 1. The summed E-state index contributed by atoms with van der Waals surface area (Å²) in [5, 5.41) is 0. The lowest BCUT2D eigenvalue weighted by Crippen LogP contribution is -2.39. The Kier molecular flexibility index (Phi) is 3.74. The monoisotopic (exact) mass is 217 g/mol. The molecule has 1 aromatic carbocycles. The minimum absolute atomic E-state index is 0.145. The van der Waals surface area contributed by atoms with Gasteiger partial charge in [0.15, 0.2) is 0 Å². The van der Waals surface area contributed by atoms with Crippen molar-refractivity contribution in [2.75, 3.05) is 0 Å². The van der Waals surface area contributed by atoms with Crippen LogP contribution in [0.1, 0.15) is 18.1 Å². The van der Waals surface area contributed by atoms with Crippen LogP contribution in [0.25, 0.3) is 0 Å². The van der Waals surface area contributed by atoms with Crippen molar-refractivity contribution in [3.8, 4) is 0 Å². The van der Waals surface area contributed by atoms with Gasteiger partial charge < -0.3 is 5.73 Å². The number of halogens is 3. The van der Waals surface area contributed by atoms with Gasteiger partial charge in [0.2, 0.25) is 0 Å². The van der Waals surface area contributed by atoms with Gasteiger partial charge in [0.1, 0.15) is 6.04 Å². The van der Waals surface area contributed by atoms with Crippen LogP contribution in [0.15, 0.2) is 24.3 Å². The van der Waals surface area contributed by atoms with Gasteiger partial charge in [-0.15, -0.1) is 0 Å². The Labute approximate surface area is 87.1 Å². The normalized spacial score (nSPS) is 13.9. The lowest BCUT2D eigenvalue weighted by atomic mass is 9.99.